The highest BCUT2D eigenvalue weighted by Crippen LogP contribution is 2.33. The highest BCUT2D eigenvalue weighted by Gasteiger charge is 2.30. The second kappa shape index (κ2) is 7.38. The van der Waals surface area contributed by atoms with Crippen LogP contribution in [0.15, 0.2) is 48.5 Å². The van der Waals surface area contributed by atoms with Crippen molar-refractivity contribution < 1.29 is 14.3 Å². The standard InChI is InChI=1S/C20H22N2O3/c1-14(23)22-12-11-15-7-3-4-8-16(15)18(22)13-20(24)21-17-9-5-6-10-19(17)25-2/h3-10,18H,11-13H2,1-2H3,(H,21,24). The second-order valence-electron chi connectivity index (χ2n) is 6.13. The molecule has 1 atom stereocenters. The van der Waals surface area contributed by atoms with Gasteiger partial charge in [-0.2, -0.15) is 0 Å². The molecule has 2 amide bonds. The summed E-state index contributed by atoms with van der Waals surface area (Å²) in [7, 11) is 1.57. The van der Waals surface area contributed by atoms with E-state index in [4.69, 9.17) is 4.74 Å². The maximum Gasteiger partial charge on any atom is 0.226 e. The summed E-state index contributed by atoms with van der Waals surface area (Å²) in [5.74, 6) is 0.463. The molecule has 0 bridgehead atoms. The van der Waals surface area contributed by atoms with Gasteiger partial charge in [0, 0.05) is 13.5 Å². The molecule has 25 heavy (non-hydrogen) atoms. The quantitative estimate of drug-likeness (QED) is 0.931. The number of anilines is 1. The number of hydrogen-bond acceptors (Lipinski definition) is 3. The van der Waals surface area contributed by atoms with E-state index in [0.717, 1.165) is 12.0 Å². The number of para-hydroxylation sites is 2. The van der Waals surface area contributed by atoms with Gasteiger partial charge in [-0.25, -0.2) is 0 Å². The minimum absolute atomic E-state index is 0.00963. The van der Waals surface area contributed by atoms with Gasteiger partial charge in [0.25, 0.3) is 0 Å². The average Bonchev–Trinajstić information content (AvgIpc) is 2.62. The summed E-state index contributed by atoms with van der Waals surface area (Å²) in [4.78, 5) is 26.4. The number of nitrogens with one attached hydrogen (secondary N) is 1. The van der Waals surface area contributed by atoms with Crippen molar-refractivity contribution in [3.63, 3.8) is 0 Å². The molecule has 0 aromatic heterocycles. The molecule has 0 saturated heterocycles. The van der Waals surface area contributed by atoms with Gasteiger partial charge in [0.05, 0.1) is 25.3 Å². The van der Waals surface area contributed by atoms with Gasteiger partial charge in [-0.3, -0.25) is 9.59 Å². The second-order valence-corrected chi connectivity index (χ2v) is 6.13. The van der Waals surface area contributed by atoms with Crippen molar-refractivity contribution >= 4 is 17.5 Å². The first-order chi connectivity index (χ1) is 12.1. The number of benzene rings is 2. The fraction of sp³-hybridized carbons (Fsp3) is 0.300. The molecule has 1 N–H and O–H groups in total. The number of nitrogens with zero attached hydrogens (tertiary/aromatic N) is 1. The normalized spacial score (nSPS) is 16.1. The predicted molar refractivity (Wildman–Crippen MR) is 96.5 cm³/mol. The Morgan fingerprint density at radius 2 is 1.88 bits per heavy atom. The van der Waals surface area contributed by atoms with Crippen LogP contribution in [0.2, 0.25) is 0 Å². The van der Waals surface area contributed by atoms with Gasteiger partial charge in [0.15, 0.2) is 0 Å². The molecule has 1 heterocycles. The highest BCUT2D eigenvalue weighted by atomic mass is 16.5. The average molecular weight is 338 g/mol. The van der Waals surface area contributed by atoms with Gasteiger partial charge in [0.1, 0.15) is 5.75 Å². The Morgan fingerprint density at radius 1 is 1.16 bits per heavy atom. The van der Waals surface area contributed by atoms with Crippen molar-refractivity contribution in [1.82, 2.24) is 4.90 Å². The van der Waals surface area contributed by atoms with Gasteiger partial charge >= 0.3 is 0 Å². The Hall–Kier alpha value is -2.82. The summed E-state index contributed by atoms with van der Waals surface area (Å²) < 4.78 is 5.27. The third-order valence-electron chi connectivity index (χ3n) is 4.58. The lowest BCUT2D eigenvalue weighted by molar-refractivity contribution is -0.132. The third kappa shape index (κ3) is 3.65. The summed E-state index contributed by atoms with van der Waals surface area (Å²) >= 11 is 0. The predicted octanol–water partition coefficient (Wildman–Crippen LogP) is 3.17. The lowest BCUT2D eigenvalue weighted by atomic mass is 9.90. The molecule has 3 rings (SSSR count). The molecular formula is C20H22N2O3. The van der Waals surface area contributed by atoms with Gasteiger partial charge in [-0.1, -0.05) is 36.4 Å². The number of hydrogen-bond donors (Lipinski definition) is 1. The van der Waals surface area contributed by atoms with Crippen LogP contribution in [-0.4, -0.2) is 30.4 Å². The van der Waals surface area contributed by atoms with Gasteiger partial charge in [-0.05, 0) is 29.7 Å². The summed E-state index contributed by atoms with van der Waals surface area (Å²) in [5, 5.41) is 2.90. The molecule has 5 heteroatoms. The monoisotopic (exact) mass is 338 g/mol. The molecule has 0 saturated carbocycles. The topological polar surface area (TPSA) is 58.6 Å². The maximum atomic E-state index is 12.6. The third-order valence-corrected chi connectivity index (χ3v) is 4.58. The molecule has 0 aliphatic carbocycles. The number of methoxy groups -OCH3 is 1. The first kappa shape index (κ1) is 17.0. The number of rotatable bonds is 4. The maximum absolute atomic E-state index is 12.6. The summed E-state index contributed by atoms with van der Waals surface area (Å²) in [6, 6.07) is 15.1. The zero-order valence-corrected chi connectivity index (χ0v) is 14.5. The first-order valence-corrected chi connectivity index (χ1v) is 8.38. The molecule has 2 aromatic rings. The van der Waals surface area contributed by atoms with E-state index in [9.17, 15) is 9.59 Å². The molecule has 0 radical (unpaired) electrons. The van der Waals surface area contributed by atoms with Gasteiger partial charge < -0.3 is 15.0 Å². The van der Waals surface area contributed by atoms with Crippen LogP contribution >= 0.6 is 0 Å². The van der Waals surface area contributed by atoms with Crippen LogP contribution in [0.4, 0.5) is 5.69 Å². The van der Waals surface area contributed by atoms with Crippen molar-refractivity contribution in [3.8, 4) is 5.75 Å². The molecule has 1 aliphatic heterocycles. The fourth-order valence-corrected chi connectivity index (χ4v) is 3.37. The molecule has 0 spiro atoms. The number of carbonyl (C=O) groups is 2. The number of amides is 2. The van der Waals surface area contributed by atoms with Crippen LogP contribution in [0, 0.1) is 0 Å². The zero-order chi connectivity index (χ0) is 17.8. The number of carbonyl (C=O) groups excluding carboxylic acids is 2. The lowest BCUT2D eigenvalue weighted by Crippen LogP contribution is -2.40. The first-order valence-electron chi connectivity index (χ1n) is 8.38. The Kier molecular flexibility index (Phi) is 5.03. The van der Waals surface area contributed by atoms with E-state index >= 15 is 0 Å². The van der Waals surface area contributed by atoms with Crippen LogP contribution in [0.3, 0.4) is 0 Å². The van der Waals surface area contributed by atoms with Crippen molar-refractivity contribution in [2.75, 3.05) is 19.0 Å². The minimum atomic E-state index is -0.239. The number of fused-ring (bicyclic) bond motifs is 1. The highest BCUT2D eigenvalue weighted by molar-refractivity contribution is 5.93. The molecule has 1 aliphatic rings. The SMILES string of the molecule is COc1ccccc1NC(=O)CC1c2ccccc2CCN1C(C)=O. The van der Waals surface area contributed by atoms with E-state index in [1.807, 2.05) is 30.3 Å². The van der Waals surface area contributed by atoms with E-state index in [2.05, 4.69) is 11.4 Å². The van der Waals surface area contributed by atoms with Crippen LogP contribution in [0.25, 0.3) is 0 Å². The summed E-state index contributed by atoms with van der Waals surface area (Å²) in [6.07, 6.45) is 1.04. The van der Waals surface area contributed by atoms with Crippen LogP contribution < -0.4 is 10.1 Å². The molecular weight excluding hydrogens is 316 g/mol. The summed E-state index contributed by atoms with van der Waals surface area (Å²) in [5.41, 5.74) is 2.89. The minimum Gasteiger partial charge on any atom is -0.495 e. The van der Waals surface area contributed by atoms with Gasteiger partial charge in [0.2, 0.25) is 11.8 Å². The van der Waals surface area contributed by atoms with Crippen molar-refractivity contribution in [2.24, 2.45) is 0 Å². The van der Waals surface area contributed by atoms with Crippen molar-refractivity contribution in [2.45, 2.75) is 25.8 Å². The molecule has 2 aromatic carbocycles. The van der Waals surface area contributed by atoms with Crippen LogP contribution in [0.5, 0.6) is 5.75 Å². The van der Waals surface area contributed by atoms with Gasteiger partial charge in [-0.15, -0.1) is 0 Å². The Balaban J connectivity index is 1.81. The van der Waals surface area contributed by atoms with Crippen LogP contribution in [-0.2, 0) is 16.0 Å². The largest absolute Gasteiger partial charge is 0.495 e. The number of ether oxygens (including phenoxy) is 1. The van der Waals surface area contributed by atoms with Crippen LogP contribution in [0.1, 0.15) is 30.5 Å². The lowest BCUT2D eigenvalue weighted by Gasteiger charge is -2.36. The van der Waals surface area contributed by atoms with Crippen molar-refractivity contribution in [3.05, 3.63) is 59.7 Å². The Bertz CT molecular complexity index is 788. The Labute approximate surface area is 147 Å². The summed E-state index contributed by atoms with van der Waals surface area (Å²) in [6.45, 7) is 2.19. The Morgan fingerprint density at radius 3 is 2.64 bits per heavy atom. The van der Waals surface area contributed by atoms with E-state index < -0.39 is 0 Å². The molecule has 5 nitrogen and oxygen atoms in total. The zero-order valence-electron chi connectivity index (χ0n) is 14.5. The molecule has 130 valence electrons. The van der Waals surface area contributed by atoms with E-state index in [0.29, 0.717) is 18.0 Å². The van der Waals surface area contributed by atoms with E-state index in [-0.39, 0.29) is 24.3 Å². The molecule has 1 unspecified atom stereocenters. The van der Waals surface area contributed by atoms with E-state index in [1.165, 1.54) is 5.56 Å². The fourth-order valence-electron chi connectivity index (χ4n) is 3.37. The molecule has 0 fully saturated rings. The smallest absolute Gasteiger partial charge is 0.226 e. The van der Waals surface area contributed by atoms with E-state index in [1.54, 1.807) is 31.1 Å². The van der Waals surface area contributed by atoms with Crippen molar-refractivity contribution in [1.29, 1.82) is 0 Å².